The molecule has 0 aromatic carbocycles. The second kappa shape index (κ2) is 36.0. The highest BCUT2D eigenvalue weighted by atomic mass is 16.5. The Morgan fingerprint density at radius 3 is 1.60 bits per heavy atom. The van der Waals surface area contributed by atoms with Crippen LogP contribution in [0.25, 0.3) is 0 Å². The van der Waals surface area contributed by atoms with Crippen LogP contribution in [-0.2, 0) is 4.74 Å². The van der Waals surface area contributed by atoms with Crippen LogP contribution in [0.15, 0.2) is 0 Å². The molecule has 218 valence electrons. The Bertz CT molecular complexity index is 322. The first-order valence-corrected chi connectivity index (χ1v) is 16.1. The van der Waals surface area contributed by atoms with Gasteiger partial charge in [0.2, 0.25) is 0 Å². The fourth-order valence-electron chi connectivity index (χ4n) is 4.42. The number of piperidine rings is 1. The third kappa shape index (κ3) is 26.7. The average Bonchev–Trinajstić information content (AvgIpc) is 2.94. The predicted molar refractivity (Wildman–Crippen MR) is 165 cm³/mol. The summed E-state index contributed by atoms with van der Waals surface area (Å²) in [5.41, 5.74) is 0. The van der Waals surface area contributed by atoms with Gasteiger partial charge in [-0.1, -0.05) is 102 Å². The standard InChI is InChI=1S/C14H29N.C10H21NO.4C2H6/c1-4-6-12-15(3)14-10-8-13(7-5-2)9-11-14;1-3-4-9-12-10-5-7-11(2)8-6-10;4*1-2/h13-14H,4-12H2,1-3H3;10H,3-9H2,1-2H3;4*1-2H3. The average molecular weight is 503 g/mol. The zero-order chi connectivity index (χ0) is 27.9. The minimum Gasteiger partial charge on any atom is -0.378 e. The van der Waals surface area contributed by atoms with Crippen LogP contribution >= 0.6 is 0 Å². The number of likely N-dealkylation sites (tertiary alicyclic amines) is 1. The van der Waals surface area contributed by atoms with Crippen LogP contribution in [0.3, 0.4) is 0 Å². The van der Waals surface area contributed by atoms with Crippen LogP contribution < -0.4 is 0 Å². The van der Waals surface area contributed by atoms with Gasteiger partial charge in [0.15, 0.2) is 0 Å². The molecule has 3 heteroatoms. The molecule has 2 rings (SSSR count). The highest BCUT2D eigenvalue weighted by Crippen LogP contribution is 2.29. The van der Waals surface area contributed by atoms with Crippen molar-refractivity contribution in [1.29, 1.82) is 0 Å². The van der Waals surface area contributed by atoms with Crippen molar-refractivity contribution in [3.05, 3.63) is 0 Å². The number of nitrogens with zero attached hydrogens (tertiary/aromatic N) is 2. The molecule has 35 heavy (non-hydrogen) atoms. The van der Waals surface area contributed by atoms with Crippen molar-refractivity contribution in [3.63, 3.8) is 0 Å². The van der Waals surface area contributed by atoms with Crippen molar-refractivity contribution in [2.75, 3.05) is 40.3 Å². The summed E-state index contributed by atoms with van der Waals surface area (Å²) in [5, 5.41) is 0. The van der Waals surface area contributed by atoms with E-state index in [0.717, 1.165) is 18.6 Å². The first-order chi connectivity index (χ1) is 17.1. The molecule has 0 unspecified atom stereocenters. The molecule has 0 radical (unpaired) electrons. The maximum atomic E-state index is 5.74. The Morgan fingerprint density at radius 1 is 0.686 bits per heavy atom. The molecule has 1 aliphatic carbocycles. The summed E-state index contributed by atoms with van der Waals surface area (Å²) in [4.78, 5) is 4.98. The molecular formula is C32H74N2O. The smallest absolute Gasteiger partial charge is 0.0599 e. The summed E-state index contributed by atoms with van der Waals surface area (Å²) in [6.07, 6.45) is 16.8. The lowest BCUT2D eigenvalue weighted by molar-refractivity contribution is 0.0113. The Labute approximate surface area is 226 Å². The van der Waals surface area contributed by atoms with Crippen molar-refractivity contribution in [2.24, 2.45) is 5.92 Å². The highest BCUT2D eigenvalue weighted by Gasteiger charge is 2.22. The van der Waals surface area contributed by atoms with Gasteiger partial charge in [-0.25, -0.2) is 0 Å². The van der Waals surface area contributed by atoms with Crippen molar-refractivity contribution in [1.82, 2.24) is 9.80 Å². The van der Waals surface area contributed by atoms with Gasteiger partial charge in [-0.05, 0) is 77.9 Å². The quantitative estimate of drug-likeness (QED) is 0.276. The molecule has 0 N–H and O–H groups in total. The maximum Gasteiger partial charge on any atom is 0.0599 e. The van der Waals surface area contributed by atoms with Crippen molar-refractivity contribution >= 4 is 0 Å². The molecule has 0 aromatic rings. The summed E-state index contributed by atoms with van der Waals surface area (Å²) in [7, 11) is 4.50. The van der Waals surface area contributed by atoms with E-state index in [9.17, 15) is 0 Å². The van der Waals surface area contributed by atoms with E-state index in [1.165, 1.54) is 96.7 Å². The molecular weight excluding hydrogens is 428 g/mol. The SMILES string of the molecule is CC.CC.CC.CC.CCCCN(C)C1CCC(CCC)CC1.CCCCOC1CCN(C)CC1. The van der Waals surface area contributed by atoms with Gasteiger partial charge in [0.1, 0.15) is 0 Å². The van der Waals surface area contributed by atoms with E-state index >= 15 is 0 Å². The first-order valence-electron chi connectivity index (χ1n) is 16.1. The molecule has 2 aliphatic rings. The van der Waals surface area contributed by atoms with Crippen LogP contribution in [0.4, 0.5) is 0 Å². The Hall–Kier alpha value is -0.120. The third-order valence-electron chi connectivity index (χ3n) is 6.52. The summed E-state index contributed by atoms with van der Waals surface area (Å²) >= 11 is 0. The van der Waals surface area contributed by atoms with E-state index in [-0.39, 0.29) is 0 Å². The summed E-state index contributed by atoms with van der Waals surface area (Å²) in [6, 6.07) is 0.893. The van der Waals surface area contributed by atoms with Gasteiger partial charge in [-0.2, -0.15) is 0 Å². The molecule has 0 bridgehead atoms. The van der Waals surface area contributed by atoms with Gasteiger partial charge >= 0.3 is 0 Å². The fourth-order valence-corrected chi connectivity index (χ4v) is 4.42. The van der Waals surface area contributed by atoms with Gasteiger partial charge in [0.25, 0.3) is 0 Å². The number of ether oxygens (including phenoxy) is 1. The first kappa shape index (κ1) is 42.0. The zero-order valence-electron chi connectivity index (χ0n) is 27.3. The fraction of sp³-hybridized carbons (Fsp3) is 1.00. The van der Waals surface area contributed by atoms with E-state index in [4.69, 9.17) is 4.74 Å². The van der Waals surface area contributed by atoms with Gasteiger partial charge in [0, 0.05) is 25.7 Å². The molecule has 2 fully saturated rings. The third-order valence-corrected chi connectivity index (χ3v) is 6.52. The molecule has 1 saturated carbocycles. The molecule has 0 spiro atoms. The summed E-state index contributed by atoms with van der Waals surface area (Å²) in [6.45, 7) is 27.5. The summed E-state index contributed by atoms with van der Waals surface area (Å²) < 4.78 is 5.74. The van der Waals surface area contributed by atoms with Crippen LogP contribution in [0.2, 0.25) is 0 Å². The second-order valence-electron chi connectivity index (χ2n) is 9.02. The topological polar surface area (TPSA) is 15.7 Å². The molecule has 0 aromatic heterocycles. The highest BCUT2D eigenvalue weighted by molar-refractivity contribution is 4.78. The van der Waals surface area contributed by atoms with Crippen LogP contribution in [0.5, 0.6) is 0 Å². The van der Waals surface area contributed by atoms with E-state index in [1.807, 2.05) is 55.4 Å². The van der Waals surface area contributed by atoms with Crippen molar-refractivity contribution in [3.8, 4) is 0 Å². The minimum absolute atomic E-state index is 0.549. The van der Waals surface area contributed by atoms with Crippen LogP contribution in [0.1, 0.15) is 153 Å². The van der Waals surface area contributed by atoms with Crippen LogP contribution in [-0.4, -0.2) is 62.3 Å². The monoisotopic (exact) mass is 503 g/mol. The van der Waals surface area contributed by atoms with Crippen LogP contribution in [0, 0.1) is 5.92 Å². The predicted octanol–water partition coefficient (Wildman–Crippen LogP) is 10.1. The molecule has 3 nitrogen and oxygen atoms in total. The number of hydrogen-bond acceptors (Lipinski definition) is 3. The molecule has 1 aliphatic heterocycles. The van der Waals surface area contributed by atoms with E-state index in [2.05, 4.69) is 44.7 Å². The lowest BCUT2D eigenvalue weighted by Crippen LogP contribution is -2.35. The Kier molecular flexibility index (Phi) is 43.2. The molecule has 0 atom stereocenters. The molecule has 0 amide bonds. The van der Waals surface area contributed by atoms with E-state index in [0.29, 0.717) is 6.10 Å². The molecule has 1 heterocycles. The number of unbranched alkanes of at least 4 members (excludes halogenated alkanes) is 2. The Balaban J connectivity index is -0.000000216. The second-order valence-corrected chi connectivity index (χ2v) is 9.02. The van der Waals surface area contributed by atoms with Gasteiger partial charge < -0.3 is 14.5 Å². The maximum absolute atomic E-state index is 5.74. The normalized spacial score (nSPS) is 19.7. The number of hydrogen-bond donors (Lipinski definition) is 0. The van der Waals surface area contributed by atoms with Crippen molar-refractivity contribution in [2.45, 2.75) is 165 Å². The van der Waals surface area contributed by atoms with Gasteiger partial charge in [0.05, 0.1) is 6.10 Å². The summed E-state index contributed by atoms with van der Waals surface area (Å²) in [5.74, 6) is 1.05. The van der Waals surface area contributed by atoms with Crippen molar-refractivity contribution < 1.29 is 4.74 Å². The van der Waals surface area contributed by atoms with E-state index < -0.39 is 0 Å². The Morgan fingerprint density at radius 2 is 1.17 bits per heavy atom. The lowest BCUT2D eigenvalue weighted by Gasteiger charge is -2.34. The minimum atomic E-state index is 0.549. The molecule has 1 saturated heterocycles. The number of rotatable bonds is 10. The lowest BCUT2D eigenvalue weighted by atomic mass is 9.83. The van der Waals surface area contributed by atoms with E-state index in [1.54, 1.807) is 0 Å². The van der Waals surface area contributed by atoms with Gasteiger partial charge in [-0.15, -0.1) is 0 Å². The largest absolute Gasteiger partial charge is 0.378 e. The van der Waals surface area contributed by atoms with Gasteiger partial charge in [-0.3, -0.25) is 0 Å². The zero-order valence-corrected chi connectivity index (χ0v) is 27.3.